The van der Waals surface area contributed by atoms with E-state index in [0.29, 0.717) is 5.41 Å². The van der Waals surface area contributed by atoms with Gasteiger partial charge in [0, 0.05) is 18.2 Å². The highest BCUT2D eigenvalue weighted by Crippen LogP contribution is 2.70. The van der Waals surface area contributed by atoms with Crippen LogP contribution in [0.2, 0.25) is 0 Å². The first-order valence-corrected chi connectivity index (χ1v) is 6.51. The average molecular weight is 225 g/mol. The number of para-hydroxylation sites is 1. The van der Waals surface area contributed by atoms with Crippen LogP contribution in [0.4, 0.5) is 5.69 Å². The lowest BCUT2D eigenvalue weighted by molar-refractivity contribution is 0.716. The van der Waals surface area contributed by atoms with Gasteiger partial charge in [-0.2, -0.15) is 0 Å². The predicted octanol–water partition coefficient (Wildman–Crippen LogP) is 3.67. The Labute approximate surface area is 103 Å². The fraction of sp³-hybridized carbons (Fsp3) is 0.375. The second kappa shape index (κ2) is 3.25. The molecule has 2 atom stereocenters. The Morgan fingerprint density at radius 3 is 2.59 bits per heavy atom. The van der Waals surface area contributed by atoms with Gasteiger partial charge in [-0.15, -0.1) is 0 Å². The first kappa shape index (κ1) is 10.6. The summed E-state index contributed by atoms with van der Waals surface area (Å²) in [7, 11) is 2.22. The summed E-state index contributed by atoms with van der Waals surface area (Å²) in [4.78, 5) is 2.45. The van der Waals surface area contributed by atoms with Crippen molar-refractivity contribution in [1.29, 1.82) is 0 Å². The Kier molecular flexibility index (Phi) is 2.04. The number of hydrogen-bond acceptors (Lipinski definition) is 1. The third kappa shape index (κ3) is 1.00. The largest absolute Gasteiger partial charge is 0.364 e. The van der Waals surface area contributed by atoms with Crippen LogP contribution >= 0.6 is 0 Å². The van der Waals surface area contributed by atoms with Crippen molar-refractivity contribution < 1.29 is 0 Å². The van der Waals surface area contributed by atoms with E-state index in [4.69, 9.17) is 0 Å². The molecule has 0 N–H and O–H groups in total. The smallest absolute Gasteiger partial charge is 0.0730 e. The van der Waals surface area contributed by atoms with E-state index in [0.717, 1.165) is 0 Å². The number of benzene rings is 1. The first-order chi connectivity index (χ1) is 8.30. The molecular weight excluding hydrogens is 206 g/mol. The minimum atomic E-state index is 0.269. The molecule has 4 rings (SSSR count). The molecule has 3 aliphatic rings. The molecule has 0 saturated heterocycles. The average Bonchev–Trinajstić information content (AvgIpc) is 3.07. The van der Waals surface area contributed by atoms with Crippen molar-refractivity contribution in [3.05, 3.63) is 54.1 Å². The Morgan fingerprint density at radius 2 is 1.76 bits per heavy atom. The summed E-state index contributed by atoms with van der Waals surface area (Å²) >= 11 is 0. The molecule has 0 spiro atoms. The molecule has 2 unspecified atom stereocenters. The predicted molar refractivity (Wildman–Crippen MR) is 73.5 cm³/mol. The third-order valence-corrected chi connectivity index (χ3v) is 4.40. The maximum Gasteiger partial charge on any atom is 0.0730 e. The van der Waals surface area contributed by atoms with E-state index in [1.54, 1.807) is 0 Å². The molecule has 1 aromatic carbocycles. The summed E-state index contributed by atoms with van der Waals surface area (Å²) in [5.41, 5.74) is 3.48. The fourth-order valence-electron chi connectivity index (χ4n) is 3.53. The van der Waals surface area contributed by atoms with Crippen LogP contribution in [-0.2, 0) is 5.41 Å². The molecule has 1 saturated carbocycles. The summed E-state index contributed by atoms with van der Waals surface area (Å²) in [6, 6.07) is 8.80. The summed E-state index contributed by atoms with van der Waals surface area (Å²) in [6.45, 7) is 4.00. The highest BCUT2D eigenvalue weighted by atomic mass is 15.3. The molecule has 0 bridgehead atoms. The van der Waals surface area contributed by atoms with Crippen LogP contribution in [0, 0.1) is 0 Å². The maximum atomic E-state index is 2.45. The van der Waals surface area contributed by atoms with Crippen LogP contribution in [0.5, 0.6) is 0 Å². The number of fused-ring (bicyclic) bond motifs is 1. The summed E-state index contributed by atoms with van der Waals surface area (Å²) < 4.78 is 0. The second-order valence-electron chi connectivity index (χ2n) is 4.87. The van der Waals surface area contributed by atoms with Gasteiger partial charge < -0.3 is 4.90 Å². The van der Waals surface area contributed by atoms with Crippen LogP contribution < -0.4 is 4.90 Å². The second-order valence-corrected chi connectivity index (χ2v) is 4.87. The van der Waals surface area contributed by atoms with Gasteiger partial charge in [0.05, 0.1) is 5.54 Å². The van der Waals surface area contributed by atoms with Crippen molar-refractivity contribution in [3.63, 3.8) is 0 Å². The summed E-state index contributed by atoms with van der Waals surface area (Å²) in [6.07, 6.45) is 10.4. The quantitative estimate of drug-likeness (QED) is 0.651. The molecule has 0 aromatic heterocycles. The minimum Gasteiger partial charge on any atom is -0.364 e. The zero-order valence-corrected chi connectivity index (χ0v) is 10.8. The van der Waals surface area contributed by atoms with Gasteiger partial charge in [0.25, 0.3) is 0 Å². The molecule has 1 fully saturated rings. The van der Waals surface area contributed by atoms with Gasteiger partial charge in [0.2, 0.25) is 0 Å². The van der Waals surface area contributed by atoms with E-state index in [1.165, 1.54) is 17.7 Å². The normalized spacial score (nSPS) is 34.4. The highest BCUT2D eigenvalue weighted by Gasteiger charge is 2.72. The molecule has 88 valence electrons. The van der Waals surface area contributed by atoms with Crippen molar-refractivity contribution in [1.82, 2.24) is 0 Å². The molecule has 0 amide bonds. The lowest BCUT2D eigenvalue weighted by Crippen LogP contribution is -2.33. The Morgan fingerprint density at radius 1 is 1.06 bits per heavy atom. The van der Waals surface area contributed by atoms with Gasteiger partial charge in [-0.1, -0.05) is 56.4 Å². The summed E-state index contributed by atoms with van der Waals surface area (Å²) in [5, 5.41) is 0. The molecule has 1 aliphatic heterocycles. The van der Waals surface area contributed by atoms with Crippen molar-refractivity contribution in [3.8, 4) is 0 Å². The number of nitrogens with zero attached hydrogens (tertiary/aromatic N) is 1. The van der Waals surface area contributed by atoms with Crippen molar-refractivity contribution in [2.24, 2.45) is 0 Å². The van der Waals surface area contributed by atoms with Crippen molar-refractivity contribution >= 4 is 5.69 Å². The van der Waals surface area contributed by atoms with E-state index in [-0.39, 0.29) is 5.54 Å². The van der Waals surface area contributed by atoms with Crippen LogP contribution in [0.3, 0.4) is 0 Å². The number of likely N-dealkylation sites (N-methyl/N-ethyl adjacent to an activating group) is 1. The number of rotatable bonds is 0. The highest BCUT2D eigenvalue weighted by molar-refractivity contribution is 5.77. The zero-order chi connectivity index (χ0) is 12.1. The molecule has 1 aromatic rings. The van der Waals surface area contributed by atoms with Gasteiger partial charge >= 0.3 is 0 Å². The van der Waals surface area contributed by atoms with Crippen LogP contribution in [0.25, 0.3) is 0 Å². The lowest BCUT2D eigenvalue weighted by atomic mass is 9.90. The Bertz CT molecular complexity index is 514. The standard InChI is InChI=1S/C14H13N.C2H6/c1-15-12-7-3-2-6-11(12)13-8-4-5-9-14(13,15)10-13;1-2/h2-9H,10H2,1H3;1-2H3. The van der Waals surface area contributed by atoms with Crippen molar-refractivity contribution in [2.75, 3.05) is 11.9 Å². The van der Waals surface area contributed by atoms with Crippen LogP contribution in [-0.4, -0.2) is 12.6 Å². The lowest BCUT2D eigenvalue weighted by Gasteiger charge is -2.25. The zero-order valence-electron chi connectivity index (χ0n) is 10.8. The monoisotopic (exact) mass is 225 g/mol. The summed E-state index contributed by atoms with van der Waals surface area (Å²) in [5.74, 6) is 0. The SMILES string of the molecule is CC.CN1c2ccccc2C23C=CC=CC12C3. The van der Waals surface area contributed by atoms with E-state index < -0.39 is 0 Å². The first-order valence-electron chi connectivity index (χ1n) is 6.51. The van der Waals surface area contributed by atoms with Gasteiger partial charge in [0.15, 0.2) is 0 Å². The van der Waals surface area contributed by atoms with Gasteiger partial charge in [-0.05, 0) is 18.1 Å². The van der Waals surface area contributed by atoms with Gasteiger partial charge in [0.1, 0.15) is 0 Å². The number of allylic oxidation sites excluding steroid dienone is 2. The number of anilines is 1. The molecule has 1 nitrogen and oxygen atoms in total. The van der Waals surface area contributed by atoms with E-state index in [9.17, 15) is 0 Å². The van der Waals surface area contributed by atoms with Gasteiger partial charge in [-0.3, -0.25) is 0 Å². The number of hydrogen-bond donors (Lipinski definition) is 0. The molecule has 1 heterocycles. The van der Waals surface area contributed by atoms with E-state index in [1.807, 2.05) is 13.8 Å². The van der Waals surface area contributed by atoms with Gasteiger partial charge in [-0.25, -0.2) is 0 Å². The van der Waals surface area contributed by atoms with Crippen LogP contribution in [0.1, 0.15) is 25.8 Å². The van der Waals surface area contributed by atoms with E-state index in [2.05, 4.69) is 60.5 Å². The topological polar surface area (TPSA) is 3.24 Å². The molecule has 2 aliphatic carbocycles. The third-order valence-electron chi connectivity index (χ3n) is 4.40. The molecule has 1 heteroatoms. The van der Waals surface area contributed by atoms with Crippen molar-refractivity contribution in [2.45, 2.75) is 31.2 Å². The van der Waals surface area contributed by atoms with E-state index >= 15 is 0 Å². The van der Waals surface area contributed by atoms with Crippen LogP contribution in [0.15, 0.2) is 48.6 Å². The molecular formula is C16H19N. The Hall–Kier alpha value is -1.50. The molecule has 17 heavy (non-hydrogen) atoms. The minimum absolute atomic E-state index is 0.269. The molecule has 0 radical (unpaired) electrons. The maximum absolute atomic E-state index is 2.45. The fourth-order valence-corrected chi connectivity index (χ4v) is 3.53. The Balaban J connectivity index is 0.000000431.